The van der Waals surface area contributed by atoms with Crippen LogP contribution in [0.2, 0.25) is 0 Å². The second-order valence-corrected chi connectivity index (χ2v) is 5.56. The predicted molar refractivity (Wildman–Crippen MR) is 79.8 cm³/mol. The largest absolute Gasteiger partial charge is 0.368 e. The first-order valence-electron chi connectivity index (χ1n) is 7.33. The van der Waals surface area contributed by atoms with E-state index in [1.807, 2.05) is 0 Å². The lowest BCUT2D eigenvalue weighted by molar-refractivity contribution is 0.582. The van der Waals surface area contributed by atoms with Crippen molar-refractivity contribution in [1.29, 1.82) is 0 Å². The van der Waals surface area contributed by atoms with Crippen LogP contribution in [-0.2, 0) is 6.54 Å². The van der Waals surface area contributed by atoms with E-state index < -0.39 is 0 Å². The summed E-state index contributed by atoms with van der Waals surface area (Å²) in [5.41, 5.74) is 1.79. The average molecular weight is 298 g/mol. The summed E-state index contributed by atoms with van der Waals surface area (Å²) in [5.74, 6) is 1.17. The van der Waals surface area contributed by atoms with Crippen molar-refractivity contribution in [2.75, 3.05) is 11.9 Å². The Labute approximate surface area is 126 Å². The van der Waals surface area contributed by atoms with E-state index >= 15 is 0 Å². The molecule has 1 aliphatic carbocycles. The van der Waals surface area contributed by atoms with Crippen molar-refractivity contribution in [3.05, 3.63) is 42.0 Å². The number of nitrogens with zero attached hydrogens (tertiary/aromatic N) is 5. The van der Waals surface area contributed by atoms with Gasteiger partial charge in [0.25, 0.3) is 0 Å². The number of halogens is 1. The summed E-state index contributed by atoms with van der Waals surface area (Å²) in [6.07, 6.45) is 4.02. The van der Waals surface area contributed by atoms with E-state index in [0.717, 1.165) is 12.5 Å². The Kier molecular flexibility index (Phi) is 3.17. The molecule has 0 atom stereocenters. The van der Waals surface area contributed by atoms with Gasteiger partial charge in [0.15, 0.2) is 17.0 Å². The molecule has 0 radical (unpaired) electrons. The van der Waals surface area contributed by atoms with Gasteiger partial charge in [-0.2, -0.15) is 0 Å². The van der Waals surface area contributed by atoms with Crippen LogP contribution in [-0.4, -0.2) is 31.5 Å². The molecule has 6 nitrogen and oxygen atoms in total. The Morgan fingerprint density at radius 1 is 1.23 bits per heavy atom. The number of anilines is 1. The van der Waals surface area contributed by atoms with Crippen molar-refractivity contribution >= 4 is 17.0 Å². The van der Waals surface area contributed by atoms with Crippen LogP contribution in [0.3, 0.4) is 0 Å². The molecule has 112 valence electrons. The molecule has 22 heavy (non-hydrogen) atoms. The van der Waals surface area contributed by atoms with Crippen molar-refractivity contribution in [3.63, 3.8) is 0 Å². The number of aromatic nitrogens is 5. The predicted octanol–water partition coefficient (Wildman–Crippen LogP) is 2.23. The third kappa shape index (κ3) is 2.49. The van der Waals surface area contributed by atoms with Crippen molar-refractivity contribution in [3.8, 4) is 0 Å². The van der Waals surface area contributed by atoms with Gasteiger partial charge in [0.05, 0.1) is 6.54 Å². The van der Waals surface area contributed by atoms with Gasteiger partial charge in [-0.1, -0.05) is 23.4 Å². The summed E-state index contributed by atoms with van der Waals surface area (Å²) in [4.78, 5) is 8.47. The quantitative estimate of drug-likeness (QED) is 0.782. The molecule has 1 fully saturated rings. The Balaban J connectivity index is 1.64. The highest BCUT2D eigenvalue weighted by Crippen LogP contribution is 2.29. The minimum atomic E-state index is -0.257. The number of hydrogen-bond acceptors (Lipinski definition) is 5. The molecule has 3 aromatic rings. The molecule has 2 heterocycles. The normalized spacial score (nSPS) is 14.4. The summed E-state index contributed by atoms with van der Waals surface area (Å²) in [6, 6.07) is 6.64. The zero-order valence-corrected chi connectivity index (χ0v) is 11.9. The number of benzene rings is 1. The molecule has 0 bridgehead atoms. The third-order valence-electron chi connectivity index (χ3n) is 3.83. The molecule has 0 aliphatic heterocycles. The highest BCUT2D eigenvalue weighted by atomic mass is 19.1. The molecule has 1 aliphatic rings. The van der Waals surface area contributed by atoms with Crippen LogP contribution in [0.25, 0.3) is 11.2 Å². The van der Waals surface area contributed by atoms with Crippen LogP contribution in [0, 0.1) is 11.7 Å². The highest BCUT2D eigenvalue weighted by Gasteiger charge is 2.22. The number of fused-ring (bicyclic) bond motifs is 1. The topological polar surface area (TPSA) is 68.5 Å². The molecule has 1 N–H and O–H groups in total. The van der Waals surface area contributed by atoms with Crippen LogP contribution in [0.1, 0.15) is 18.4 Å². The molecule has 1 saturated carbocycles. The summed E-state index contributed by atoms with van der Waals surface area (Å²) in [6.45, 7) is 1.19. The fourth-order valence-corrected chi connectivity index (χ4v) is 2.38. The SMILES string of the molecule is Fc1ccccc1Cn1nnc2c(NCC3CC3)ncnc21. The highest BCUT2D eigenvalue weighted by molar-refractivity contribution is 5.81. The van der Waals surface area contributed by atoms with Crippen LogP contribution < -0.4 is 5.32 Å². The van der Waals surface area contributed by atoms with E-state index in [-0.39, 0.29) is 5.82 Å². The average Bonchev–Trinajstić information content (AvgIpc) is 3.28. The van der Waals surface area contributed by atoms with Gasteiger partial charge in [0.2, 0.25) is 0 Å². The molecule has 0 amide bonds. The molecule has 4 rings (SSSR count). The number of nitrogens with one attached hydrogen (secondary N) is 1. The maximum Gasteiger partial charge on any atom is 0.184 e. The molecular weight excluding hydrogens is 283 g/mol. The van der Waals surface area contributed by atoms with E-state index in [2.05, 4.69) is 25.6 Å². The number of hydrogen-bond donors (Lipinski definition) is 1. The monoisotopic (exact) mass is 298 g/mol. The lowest BCUT2D eigenvalue weighted by Gasteiger charge is -2.05. The van der Waals surface area contributed by atoms with Gasteiger partial charge in [0.1, 0.15) is 12.1 Å². The Morgan fingerprint density at radius 3 is 2.91 bits per heavy atom. The van der Waals surface area contributed by atoms with Crippen LogP contribution in [0.4, 0.5) is 10.2 Å². The minimum Gasteiger partial charge on any atom is -0.368 e. The van der Waals surface area contributed by atoms with Crippen molar-refractivity contribution < 1.29 is 4.39 Å². The molecule has 2 aromatic heterocycles. The molecular formula is C15H15FN6. The zero-order valence-electron chi connectivity index (χ0n) is 11.9. The van der Waals surface area contributed by atoms with Gasteiger partial charge in [0, 0.05) is 12.1 Å². The fraction of sp³-hybridized carbons (Fsp3) is 0.333. The molecule has 7 heteroatoms. The summed E-state index contributed by atoms with van der Waals surface area (Å²) >= 11 is 0. The van der Waals surface area contributed by atoms with Gasteiger partial charge in [-0.3, -0.25) is 0 Å². The smallest absolute Gasteiger partial charge is 0.184 e. The Bertz CT molecular complexity index is 811. The summed E-state index contributed by atoms with van der Waals surface area (Å²) in [7, 11) is 0. The minimum absolute atomic E-state index is 0.257. The first kappa shape index (κ1) is 13.1. The van der Waals surface area contributed by atoms with Crippen molar-refractivity contribution in [2.24, 2.45) is 5.92 Å². The van der Waals surface area contributed by atoms with E-state index in [1.54, 1.807) is 22.9 Å². The molecule has 1 aromatic carbocycles. The standard InChI is InChI=1S/C15H15FN6/c16-12-4-2-1-3-11(12)8-22-15-13(20-21-22)14(18-9-19-15)17-7-10-5-6-10/h1-4,9-10H,5-8H2,(H,17,18,19). The molecule has 0 spiro atoms. The number of rotatable bonds is 5. The Morgan fingerprint density at radius 2 is 2.09 bits per heavy atom. The zero-order chi connectivity index (χ0) is 14.9. The fourth-order valence-electron chi connectivity index (χ4n) is 2.38. The van der Waals surface area contributed by atoms with E-state index in [9.17, 15) is 4.39 Å². The maximum atomic E-state index is 13.8. The van der Waals surface area contributed by atoms with Gasteiger partial charge < -0.3 is 5.32 Å². The van der Waals surface area contributed by atoms with E-state index in [1.165, 1.54) is 25.2 Å². The van der Waals surface area contributed by atoms with Crippen LogP contribution in [0.15, 0.2) is 30.6 Å². The van der Waals surface area contributed by atoms with Gasteiger partial charge in [-0.25, -0.2) is 19.0 Å². The first-order chi connectivity index (χ1) is 10.8. The molecule has 0 saturated heterocycles. The third-order valence-corrected chi connectivity index (χ3v) is 3.83. The van der Waals surface area contributed by atoms with Gasteiger partial charge in [-0.15, -0.1) is 5.10 Å². The second-order valence-electron chi connectivity index (χ2n) is 5.56. The van der Waals surface area contributed by atoms with Crippen molar-refractivity contribution in [1.82, 2.24) is 25.0 Å². The van der Waals surface area contributed by atoms with E-state index in [4.69, 9.17) is 0 Å². The van der Waals surface area contributed by atoms with Gasteiger partial charge in [-0.05, 0) is 24.8 Å². The summed E-state index contributed by atoms with van der Waals surface area (Å²) < 4.78 is 15.4. The lowest BCUT2D eigenvalue weighted by Crippen LogP contribution is -2.07. The lowest BCUT2D eigenvalue weighted by atomic mass is 10.2. The van der Waals surface area contributed by atoms with Gasteiger partial charge >= 0.3 is 0 Å². The van der Waals surface area contributed by atoms with Crippen LogP contribution >= 0.6 is 0 Å². The van der Waals surface area contributed by atoms with Crippen LogP contribution in [0.5, 0.6) is 0 Å². The Hall–Kier alpha value is -2.57. The van der Waals surface area contributed by atoms with E-state index in [0.29, 0.717) is 29.1 Å². The summed E-state index contributed by atoms with van der Waals surface area (Å²) in [5, 5.41) is 11.5. The first-order valence-corrected chi connectivity index (χ1v) is 7.33. The van der Waals surface area contributed by atoms with Crippen molar-refractivity contribution in [2.45, 2.75) is 19.4 Å². The maximum absolute atomic E-state index is 13.8. The second kappa shape index (κ2) is 5.32. The molecule has 0 unspecified atom stereocenters.